The summed E-state index contributed by atoms with van der Waals surface area (Å²) in [5.41, 5.74) is 8.83. The summed E-state index contributed by atoms with van der Waals surface area (Å²) < 4.78 is 16.5. The number of aromatic nitrogens is 4. The Morgan fingerprint density at radius 2 is 2.10 bits per heavy atom. The lowest BCUT2D eigenvalue weighted by atomic mass is 9.98. The Morgan fingerprint density at radius 3 is 2.83 bits per heavy atom. The van der Waals surface area contributed by atoms with Gasteiger partial charge in [0.25, 0.3) is 5.56 Å². The number of fused-ring (bicyclic) bond motifs is 1. The fourth-order valence-corrected chi connectivity index (χ4v) is 3.55. The predicted molar refractivity (Wildman–Crippen MR) is 113 cm³/mol. The van der Waals surface area contributed by atoms with Crippen molar-refractivity contribution in [3.8, 4) is 22.4 Å². The van der Waals surface area contributed by atoms with E-state index in [1.165, 1.54) is 6.07 Å². The molecule has 29 heavy (non-hydrogen) atoms. The number of nitrogens with zero attached hydrogens (tertiary/aromatic N) is 3. The monoisotopic (exact) mass is 409 g/mol. The SMILES string of the molecule is C=Cc1cc(Cl)c(F)c(-c2c(-c3ccc4c(=O)[nH]c(CN)nc4c3)cnn2C)c1. The summed E-state index contributed by atoms with van der Waals surface area (Å²) in [5, 5.41) is 4.75. The zero-order valence-corrected chi connectivity index (χ0v) is 16.3. The average Bonchev–Trinajstić information content (AvgIpc) is 3.10. The number of hydrogen-bond donors (Lipinski definition) is 2. The number of halogens is 2. The van der Waals surface area contributed by atoms with Crippen LogP contribution in [0.4, 0.5) is 4.39 Å². The Morgan fingerprint density at radius 1 is 1.31 bits per heavy atom. The molecule has 2 heterocycles. The molecule has 0 atom stereocenters. The standard InChI is InChI=1S/C21H17ClFN5O/c1-3-11-6-14(19(23)16(22)7-11)20-15(10-25-28(20)2)12-4-5-13-17(8-12)26-18(9-24)27-21(13)29/h3-8,10H,1,9,24H2,2H3,(H,26,27,29). The molecule has 0 unspecified atom stereocenters. The Kier molecular flexibility index (Phi) is 4.77. The van der Waals surface area contributed by atoms with E-state index >= 15 is 0 Å². The average molecular weight is 410 g/mol. The molecule has 0 aliphatic rings. The summed E-state index contributed by atoms with van der Waals surface area (Å²) in [6.07, 6.45) is 3.24. The van der Waals surface area contributed by atoms with Crippen molar-refractivity contribution in [3.63, 3.8) is 0 Å². The maximum Gasteiger partial charge on any atom is 0.258 e. The molecule has 0 radical (unpaired) electrons. The summed E-state index contributed by atoms with van der Waals surface area (Å²) in [6.45, 7) is 3.85. The van der Waals surface area contributed by atoms with Crippen LogP contribution < -0.4 is 11.3 Å². The Bertz CT molecular complexity index is 1320. The Labute approximate surface area is 170 Å². The van der Waals surface area contributed by atoms with Gasteiger partial charge in [-0.3, -0.25) is 9.48 Å². The first-order chi connectivity index (χ1) is 13.9. The van der Waals surface area contributed by atoms with Gasteiger partial charge in [-0.25, -0.2) is 9.37 Å². The number of hydrogen-bond acceptors (Lipinski definition) is 4. The van der Waals surface area contributed by atoms with Crippen molar-refractivity contribution in [1.29, 1.82) is 0 Å². The maximum atomic E-state index is 14.9. The highest BCUT2D eigenvalue weighted by Gasteiger charge is 2.19. The lowest BCUT2D eigenvalue weighted by molar-refractivity contribution is 0.628. The number of aromatic amines is 1. The van der Waals surface area contributed by atoms with Crippen LogP contribution in [0, 0.1) is 5.82 Å². The zero-order chi connectivity index (χ0) is 20.7. The van der Waals surface area contributed by atoms with Gasteiger partial charge < -0.3 is 10.7 Å². The molecule has 0 bridgehead atoms. The molecule has 0 aliphatic carbocycles. The highest BCUT2D eigenvalue weighted by molar-refractivity contribution is 6.31. The molecule has 4 aromatic rings. The van der Waals surface area contributed by atoms with Gasteiger partial charge in [0.2, 0.25) is 0 Å². The minimum absolute atomic E-state index is 0.00356. The molecule has 6 nitrogen and oxygen atoms in total. The highest BCUT2D eigenvalue weighted by atomic mass is 35.5. The fraction of sp³-hybridized carbons (Fsp3) is 0.0952. The number of nitrogens with one attached hydrogen (secondary N) is 1. The van der Waals surface area contributed by atoms with Gasteiger partial charge >= 0.3 is 0 Å². The van der Waals surface area contributed by atoms with Gasteiger partial charge in [-0.1, -0.05) is 30.3 Å². The van der Waals surface area contributed by atoms with Crippen molar-refractivity contribution in [1.82, 2.24) is 19.7 Å². The van der Waals surface area contributed by atoms with Gasteiger partial charge in [0.05, 0.1) is 34.4 Å². The van der Waals surface area contributed by atoms with E-state index in [1.54, 1.807) is 48.3 Å². The first kappa shape index (κ1) is 19.0. The molecule has 3 N–H and O–H groups in total. The summed E-state index contributed by atoms with van der Waals surface area (Å²) >= 11 is 6.08. The number of benzene rings is 2. The number of aryl methyl sites for hydroxylation is 1. The third-order valence-corrected chi connectivity index (χ3v) is 5.02. The molecular weight excluding hydrogens is 393 g/mol. The van der Waals surface area contributed by atoms with Crippen molar-refractivity contribution in [2.45, 2.75) is 6.54 Å². The van der Waals surface area contributed by atoms with Crippen LogP contribution in [-0.4, -0.2) is 19.7 Å². The number of nitrogens with two attached hydrogens (primary N) is 1. The van der Waals surface area contributed by atoms with Crippen molar-refractivity contribution in [2.24, 2.45) is 12.8 Å². The summed E-state index contributed by atoms with van der Waals surface area (Å²) in [5.74, 6) is -0.148. The van der Waals surface area contributed by atoms with Crippen LogP contribution in [-0.2, 0) is 13.6 Å². The van der Waals surface area contributed by atoms with E-state index in [9.17, 15) is 9.18 Å². The Hall–Kier alpha value is -3.29. The fourth-order valence-electron chi connectivity index (χ4n) is 3.32. The van der Waals surface area contributed by atoms with Gasteiger partial charge in [0, 0.05) is 18.2 Å². The molecule has 2 aromatic carbocycles. The molecule has 0 amide bonds. The normalized spacial score (nSPS) is 11.2. The van der Waals surface area contributed by atoms with Crippen LogP contribution in [0.5, 0.6) is 0 Å². The molecule has 2 aromatic heterocycles. The second-order valence-electron chi connectivity index (χ2n) is 6.55. The lowest BCUT2D eigenvalue weighted by Crippen LogP contribution is -2.14. The summed E-state index contributed by atoms with van der Waals surface area (Å²) in [6, 6.07) is 8.41. The van der Waals surface area contributed by atoms with E-state index in [-0.39, 0.29) is 17.1 Å². The van der Waals surface area contributed by atoms with E-state index in [1.807, 2.05) is 0 Å². The maximum absolute atomic E-state index is 14.9. The van der Waals surface area contributed by atoms with E-state index in [2.05, 4.69) is 21.6 Å². The smallest absolute Gasteiger partial charge is 0.258 e. The molecule has 0 aliphatic heterocycles. The minimum Gasteiger partial charge on any atom is -0.324 e. The number of rotatable bonds is 4. The van der Waals surface area contributed by atoms with Crippen molar-refractivity contribution < 1.29 is 4.39 Å². The first-order valence-corrected chi connectivity index (χ1v) is 9.18. The summed E-state index contributed by atoms with van der Waals surface area (Å²) in [4.78, 5) is 19.2. The van der Waals surface area contributed by atoms with E-state index in [0.717, 1.165) is 5.56 Å². The van der Waals surface area contributed by atoms with Gasteiger partial charge in [0.1, 0.15) is 5.82 Å². The van der Waals surface area contributed by atoms with Crippen molar-refractivity contribution in [2.75, 3.05) is 0 Å². The lowest BCUT2D eigenvalue weighted by Gasteiger charge is -2.11. The van der Waals surface area contributed by atoms with Crippen molar-refractivity contribution in [3.05, 3.63) is 75.7 Å². The zero-order valence-electron chi connectivity index (χ0n) is 15.5. The number of H-pyrrole nitrogens is 1. The third-order valence-electron chi connectivity index (χ3n) is 4.74. The quantitative estimate of drug-likeness (QED) is 0.535. The molecule has 8 heteroatoms. The van der Waals surface area contributed by atoms with Crippen LogP contribution in [0.25, 0.3) is 39.4 Å². The first-order valence-electron chi connectivity index (χ1n) is 8.80. The molecule has 0 spiro atoms. The largest absolute Gasteiger partial charge is 0.324 e. The highest BCUT2D eigenvalue weighted by Crippen LogP contribution is 2.36. The van der Waals surface area contributed by atoms with Gasteiger partial charge in [0.15, 0.2) is 5.82 Å². The van der Waals surface area contributed by atoms with Crippen LogP contribution in [0.1, 0.15) is 11.4 Å². The van der Waals surface area contributed by atoms with Gasteiger partial charge in [-0.15, -0.1) is 0 Å². The molecular formula is C21H17ClFN5O. The van der Waals surface area contributed by atoms with Crippen LogP contribution in [0.2, 0.25) is 5.02 Å². The van der Waals surface area contributed by atoms with Crippen LogP contribution in [0.15, 0.2) is 47.9 Å². The molecule has 4 rings (SSSR count). The second-order valence-corrected chi connectivity index (χ2v) is 6.95. The molecule has 0 saturated carbocycles. The predicted octanol–water partition coefficient (Wildman–Crippen LogP) is 3.88. The molecule has 0 fully saturated rings. The summed E-state index contributed by atoms with van der Waals surface area (Å²) in [7, 11) is 1.73. The second kappa shape index (κ2) is 7.27. The molecule has 146 valence electrons. The van der Waals surface area contributed by atoms with Crippen LogP contribution >= 0.6 is 11.6 Å². The Balaban J connectivity index is 1.96. The minimum atomic E-state index is -0.539. The molecule has 0 saturated heterocycles. The van der Waals surface area contributed by atoms with Crippen LogP contribution in [0.3, 0.4) is 0 Å². The topological polar surface area (TPSA) is 89.6 Å². The van der Waals surface area contributed by atoms with E-state index < -0.39 is 5.82 Å². The van der Waals surface area contributed by atoms with Crippen molar-refractivity contribution >= 4 is 28.6 Å². The van der Waals surface area contributed by atoms with Gasteiger partial charge in [-0.05, 0) is 35.4 Å². The van der Waals surface area contributed by atoms with E-state index in [0.29, 0.717) is 39.1 Å². The third kappa shape index (κ3) is 3.24. The van der Waals surface area contributed by atoms with E-state index in [4.69, 9.17) is 17.3 Å². The van der Waals surface area contributed by atoms with Gasteiger partial charge in [-0.2, -0.15) is 5.10 Å².